The normalized spacial score (nSPS) is 31.3. The van der Waals surface area contributed by atoms with Crippen molar-refractivity contribution in [3.63, 3.8) is 0 Å². The summed E-state index contributed by atoms with van der Waals surface area (Å²) in [5.41, 5.74) is 9.53. The van der Waals surface area contributed by atoms with Gasteiger partial charge in [-0.2, -0.15) is 0 Å². The third kappa shape index (κ3) is 3.44. The summed E-state index contributed by atoms with van der Waals surface area (Å²) in [7, 11) is 0. The zero-order valence-corrected chi connectivity index (χ0v) is 11.4. The minimum Gasteiger partial charge on any atom is -0.329 e. The summed E-state index contributed by atoms with van der Waals surface area (Å²) in [6.45, 7) is 9.87. The molecule has 96 valence electrons. The van der Waals surface area contributed by atoms with Gasteiger partial charge in [0.25, 0.3) is 0 Å². The minimum absolute atomic E-state index is 0.424. The van der Waals surface area contributed by atoms with Gasteiger partial charge in [0, 0.05) is 24.7 Å². The Morgan fingerprint density at radius 2 is 1.88 bits per heavy atom. The Morgan fingerprint density at radius 1 is 1.31 bits per heavy atom. The van der Waals surface area contributed by atoms with Gasteiger partial charge in [-0.3, -0.25) is 5.43 Å². The third-order valence-corrected chi connectivity index (χ3v) is 4.09. The monoisotopic (exact) mass is 227 g/mol. The van der Waals surface area contributed by atoms with E-state index in [1.165, 1.54) is 25.7 Å². The molecule has 3 heteroatoms. The molecule has 0 aromatic carbocycles. The molecule has 4 unspecified atom stereocenters. The number of hydrazine groups is 1. The number of nitrogens with zero attached hydrogens (tertiary/aromatic N) is 1. The maximum Gasteiger partial charge on any atom is 0.0363 e. The molecule has 1 heterocycles. The summed E-state index contributed by atoms with van der Waals surface area (Å²) < 4.78 is 0. The van der Waals surface area contributed by atoms with Crippen LogP contribution >= 0.6 is 0 Å². The van der Waals surface area contributed by atoms with Crippen LogP contribution in [0.25, 0.3) is 0 Å². The highest BCUT2D eigenvalue weighted by molar-refractivity contribution is 4.81. The molecule has 0 saturated carbocycles. The van der Waals surface area contributed by atoms with Crippen LogP contribution in [-0.4, -0.2) is 29.7 Å². The van der Waals surface area contributed by atoms with E-state index < -0.39 is 0 Å². The molecule has 1 rings (SSSR count). The highest BCUT2D eigenvalue weighted by atomic mass is 15.5. The van der Waals surface area contributed by atoms with E-state index in [9.17, 15) is 0 Å². The van der Waals surface area contributed by atoms with Crippen molar-refractivity contribution < 1.29 is 0 Å². The van der Waals surface area contributed by atoms with Gasteiger partial charge in [-0.05, 0) is 32.6 Å². The average molecular weight is 227 g/mol. The van der Waals surface area contributed by atoms with Crippen molar-refractivity contribution in [2.24, 2.45) is 11.7 Å². The smallest absolute Gasteiger partial charge is 0.0363 e. The first kappa shape index (κ1) is 13.9. The van der Waals surface area contributed by atoms with Crippen LogP contribution in [0.2, 0.25) is 0 Å². The molecule has 0 aliphatic carbocycles. The Hall–Kier alpha value is -0.120. The van der Waals surface area contributed by atoms with Crippen LogP contribution in [0.15, 0.2) is 0 Å². The number of nitrogens with one attached hydrogen (secondary N) is 1. The largest absolute Gasteiger partial charge is 0.329 e. The zero-order valence-electron chi connectivity index (χ0n) is 11.4. The molecular formula is C13H29N3. The lowest BCUT2D eigenvalue weighted by atomic mass is 9.97. The van der Waals surface area contributed by atoms with Gasteiger partial charge >= 0.3 is 0 Å². The van der Waals surface area contributed by atoms with Gasteiger partial charge in [-0.25, -0.2) is 5.01 Å². The van der Waals surface area contributed by atoms with Gasteiger partial charge in [0.05, 0.1) is 0 Å². The molecule has 0 spiro atoms. The average Bonchev–Trinajstić information content (AvgIpc) is 2.28. The molecule has 4 atom stereocenters. The van der Waals surface area contributed by atoms with Crippen molar-refractivity contribution in [3.8, 4) is 0 Å². The predicted molar refractivity (Wildman–Crippen MR) is 70.0 cm³/mol. The maximum atomic E-state index is 5.87. The van der Waals surface area contributed by atoms with Crippen LogP contribution in [0.1, 0.15) is 53.4 Å². The molecule has 3 nitrogen and oxygen atoms in total. The number of hydrogen-bond donors (Lipinski definition) is 2. The van der Waals surface area contributed by atoms with Crippen LogP contribution in [0, 0.1) is 5.92 Å². The second-order valence-electron chi connectivity index (χ2n) is 5.39. The van der Waals surface area contributed by atoms with E-state index in [0.29, 0.717) is 24.0 Å². The van der Waals surface area contributed by atoms with Crippen LogP contribution in [0.4, 0.5) is 0 Å². The Labute approximate surface area is 101 Å². The lowest BCUT2D eigenvalue weighted by Gasteiger charge is -2.42. The predicted octanol–water partition coefficient (Wildman–Crippen LogP) is 2.13. The summed E-state index contributed by atoms with van der Waals surface area (Å²) in [5.74, 6) is 0.645. The fourth-order valence-corrected chi connectivity index (χ4v) is 2.56. The number of rotatable bonds is 5. The van der Waals surface area contributed by atoms with Gasteiger partial charge < -0.3 is 5.73 Å². The Kier molecular flexibility index (Phi) is 5.73. The molecule has 0 aromatic heterocycles. The number of nitrogens with two attached hydrogens (primary N) is 1. The van der Waals surface area contributed by atoms with Gasteiger partial charge in [-0.1, -0.05) is 26.7 Å². The first-order valence-electron chi connectivity index (χ1n) is 6.84. The highest BCUT2D eigenvalue weighted by Crippen LogP contribution is 2.21. The second-order valence-corrected chi connectivity index (χ2v) is 5.39. The fourth-order valence-electron chi connectivity index (χ4n) is 2.56. The van der Waals surface area contributed by atoms with E-state index >= 15 is 0 Å². The molecule has 1 aliphatic heterocycles. The highest BCUT2D eigenvalue weighted by Gasteiger charge is 2.27. The number of piperidine rings is 1. The van der Waals surface area contributed by atoms with Crippen molar-refractivity contribution in [2.45, 2.75) is 71.5 Å². The third-order valence-electron chi connectivity index (χ3n) is 4.09. The molecule has 0 aromatic rings. The topological polar surface area (TPSA) is 41.3 Å². The van der Waals surface area contributed by atoms with Gasteiger partial charge in [-0.15, -0.1) is 0 Å². The zero-order chi connectivity index (χ0) is 12.1. The van der Waals surface area contributed by atoms with Gasteiger partial charge in [0.1, 0.15) is 0 Å². The molecule has 0 radical (unpaired) electrons. The van der Waals surface area contributed by atoms with E-state index in [1.807, 2.05) is 0 Å². The first-order chi connectivity index (χ1) is 7.60. The van der Waals surface area contributed by atoms with Crippen LogP contribution in [0.5, 0.6) is 0 Å². The lowest BCUT2D eigenvalue weighted by molar-refractivity contribution is 0.0212. The summed E-state index contributed by atoms with van der Waals surface area (Å²) in [6.07, 6.45) is 5.15. The molecule has 16 heavy (non-hydrogen) atoms. The number of hydrogen-bond acceptors (Lipinski definition) is 3. The minimum atomic E-state index is 0.424. The molecule has 3 N–H and O–H groups in total. The van der Waals surface area contributed by atoms with Crippen molar-refractivity contribution in [2.75, 3.05) is 6.54 Å². The molecule has 1 aliphatic rings. The first-order valence-corrected chi connectivity index (χ1v) is 6.84. The molecular weight excluding hydrogens is 198 g/mol. The maximum absolute atomic E-state index is 5.87. The van der Waals surface area contributed by atoms with E-state index in [-0.39, 0.29) is 0 Å². The quantitative estimate of drug-likeness (QED) is 0.756. The van der Waals surface area contributed by atoms with E-state index in [4.69, 9.17) is 5.73 Å². The SMILES string of the molecule is CCC(C)C(CN)NN1C(C)CCCC1C. The lowest BCUT2D eigenvalue weighted by Crippen LogP contribution is -2.58. The molecule has 1 fully saturated rings. The van der Waals surface area contributed by atoms with Crippen molar-refractivity contribution in [1.82, 2.24) is 10.4 Å². The van der Waals surface area contributed by atoms with Crippen molar-refractivity contribution in [1.29, 1.82) is 0 Å². The second kappa shape index (κ2) is 6.58. The Balaban J connectivity index is 2.54. The van der Waals surface area contributed by atoms with Crippen LogP contribution in [-0.2, 0) is 0 Å². The van der Waals surface area contributed by atoms with Crippen LogP contribution in [0.3, 0.4) is 0 Å². The Bertz CT molecular complexity index is 186. The van der Waals surface area contributed by atoms with Crippen molar-refractivity contribution >= 4 is 0 Å². The van der Waals surface area contributed by atoms with Crippen molar-refractivity contribution in [3.05, 3.63) is 0 Å². The van der Waals surface area contributed by atoms with E-state index in [2.05, 4.69) is 38.1 Å². The Morgan fingerprint density at radius 3 is 2.31 bits per heavy atom. The fraction of sp³-hybridized carbons (Fsp3) is 1.00. The summed E-state index contributed by atoms with van der Waals surface area (Å²) >= 11 is 0. The molecule has 1 saturated heterocycles. The van der Waals surface area contributed by atoms with E-state index in [1.54, 1.807) is 0 Å². The standard InChI is InChI=1S/C13H29N3/c1-5-10(2)13(9-14)15-16-11(3)7-6-8-12(16)4/h10-13,15H,5-9,14H2,1-4H3. The van der Waals surface area contributed by atoms with Gasteiger partial charge in [0.2, 0.25) is 0 Å². The molecule has 0 bridgehead atoms. The van der Waals surface area contributed by atoms with E-state index in [0.717, 1.165) is 6.54 Å². The summed E-state index contributed by atoms with van der Waals surface area (Å²) in [5, 5.41) is 2.44. The van der Waals surface area contributed by atoms with Crippen LogP contribution < -0.4 is 11.2 Å². The summed E-state index contributed by atoms with van der Waals surface area (Å²) in [4.78, 5) is 0. The van der Waals surface area contributed by atoms with Gasteiger partial charge in [0.15, 0.2) is 0 Å². The molecule has 0 amide bonds. The summed E-state index contributed by atoms with van der Waals surface area (Å²) in [6, 6.07) is 1.71.